The van der Waals surface area contributed by atoms with E-state index in [9.17, 15) is 14.7 Å². The van der Waals surface area contributed by atoms with Gasteiger partial charge < -0.3 is 19.0 Å². The normalized spacial score (nSPS) is 11.3. The molecular weight excluding hydrogens is 650 g/mol. The maximum Gasteiger partial charge on any atom is 0.335 e. The summed E-state index contributed by atoms with van der Waals surface area (Å²) in [6.07, 6.45) is 3.81. The average molecular weight is 679 g/mol. The summed E-state index contributed by atoms with van der Waals surface area (Å²) >= 11 is 3.49. The van der Waals surface area contributed by atoms with Gasteiger partial charge in [-0.3, -0.25) is 4.79 Å². The fourth-order valence-electron chi connectivity index (χ4n) is 5.03. The van der Waals surface area contributed by atoms with E-state index in [2.05, 4.69) is 27.6 Å². The number of carboxylic acid groups (broad SMARTS) is 1. The maximum atomic E-state index is 13.8. The van der Waals surface area contributed by atoms with Crippen LogP contribution in [0.3, 0.4) is 0 Å². The molecule has 0 unspecified atom stereocenters. The van der Waals surface area contributed by atoms with Crippen molar-refractivity contribution >= 4 is 50.0 Å². The lowest BCUT2D eigenvalue weighted by atomic mass is 10.1. The molecule has 10 heteroatoms. The molecule has 0 aliphatic rings. The monoisotopic (exact) mass is 677 g/mol. The number of nitrogens with zero attached hydrogens (tertiary/aromatic N) is 3. The van der Waals surface area contributed by atoms with Crippen molar-refractivity contribution in [1.29, 1.82) is 0 Å². The second kappa shape index (κ2) is 13.3. The van der Waals surface area contributed by atoms with E-state index in [1.165, 1.54) is 16.8 Å². The Morgan fingerprint density at radius 3 is 2.63 bits per heavy atom. The van der Waals surface area contributed by atoms with Gasteiger partial charge in [-0.25, -0.2) is 9.78 Å². The maximum absolute atomic E-state index is 13.8. The van der Waals surface area contributed by atoms with Gasteiger partial charge in [0.05, 0.1) is 29.3 Å². The highest BCUT2D eigenvalue weighted by Crippen LogP contribution is 2.35. The standard InChI is InChI=1S/C36H28BrN3O6/c1-3-7-25-16-23(17-31(44-4-2)33(25)45-21-22-10-12-24(13-11-22)36(42)43)20-38-40-34(39-29-9-6-5-8-28(29)35(40)41)32-19-26-18-27(37)14-15-30(26)46-32/h3,5-6,8-20H,1,4,7,21H2,2H3,(H,42,43). The molecule has 46 heavy (non-hydrogen) atoms. The smallest absolute Gasteiger partial charge is 0.335 e. The Bertz CT molecular complexity index is 2180. The molecule has 230 valence electrons. The molecule has 0 atom stereocenters. The van der Waals surface area contributed by atoms with Crippen LogP contribution < -0.4 is 15.0 Å². The SMILES string of the molecule is C=CCc1cc(C=Nn2c(-c3cc4cc(Br)ccc4o3)nc3ccccc3c2=O)cc(OCC)c1OCc1ccc(C(=O)O)cc1. The van der Waals surface area contributed by atoms with Gasteiger partial charge in [-0.15, -0.1) is 6.58 Å². The summed E-state index contributed by atoms with van der Waals surface area (Å²) in [6, 6.07) is 24.8. The Labute approximate surface area is 272 Å². The Hall–Kier alpha value is -5.48. The number of hydrogen-bond donors (Lipinski definition) is 1. The molecule has 0 saturated carbocycles. The topological polar surface area (TPSA) is 116 Å². The molecule has 9 nitrogen and oxygen atoms in total. The van der Waals surface area contributed by atoms with Crippen molar-refractivity contribution in [3.63, 3.8) is 0 Å². The zero-order valence-corrected chi connectivity index (χ0v) is 26.4. The summed E-state index contributed by atoms with van der Waals surface area (Å²) < 4.78 is 20.4. The molecule has 0 radical (unpaired) electrons. The molecule has 0 saturated heterocycles. The van der Waals surface area contributed by atoms with Crippen molar-refractivity contribution in [3.05, 3.63) is 135 Å². The van der Waals surface area contributed by atoms with Crippen LogP contribution in [0, 0.1) is 0 Å². The van der Waals surface area contributed by atoms with Crippen LogP contribution in [-0.4, -0.2) is 33.6 Å². The van der Waals surface area contributed by atoms with Gasteiger partial charge in [-0.2, -0.15) is 9.78 Å². The van der Waals surface area contributed by atoms with Crippen LogP contribution in [0.25, 0.3) is 33.5 Å². The van der Waals surface area contributed by atoms with Crippen molar-refractivity contribution in [3.8, 4) is 23.1 Å². The highest BCUT2D eigenvalue weighted by Gasteiger charge is 2.18. The summed E-state index contributed by atoms with van der Waals surface area (Å²) in [5.74, 6) is 0.710. The number of carboxylic acids is 1. The predicted octanol–water partition coefficient (Wildman–Crippen LogP) is 7.86. The molecular formula is C36H28BrN3O6. The lowest BCUT2D eigenvalue weighted by Crippen LogP contribution is -2.20. The van der Waals surface area contributed by atoms with E-state index in [1.807, 2.05) is 43.3 Å². The van der Waals surface area contributed by atoms with E-state index in [1.54, 1.807) is 48.7 Å². The first-order valence-corrected chi connectivity index (χ1v) is 15.2. The number of carbonyl (C=O) groups is 1. The third-order valence-electron chi connectivity index (χ3n) is 7.18. The van der Waals surface area contributed by atoms with E-state index >= 15 is 0 Å². The Morgan fingerprint density at radius 1 is 1.07 bits per heavy atom. The molecule has 0 amide bonds. The largest absolute Gasteiger partial charge is 0.490 e. The number of aromatic carboxylic acids is 1. The number of hydrogen-bond acceptors (Lipinski definition) is 7. The lowest BCUT2D eigenvalue weighted by Gasteiger charge is -2.17. The predicted molar refractivity (Wildman–Crippen MR) is 181 cm³/mol. The highest BCUT2D eigenvalue weighted by molar-refractivity contribution is 9.10. The van der Waals surface area contributed by atoms with Crippen molar-refractivity contribution in [2.45, 2.75) is 20.0 Å². The van der Waals surface area contributed by atoms with Crippen molar-refractivity contribution in [2.75, 3.05) is 6.61 Å². The van der Waals surface area contributed by atoms with Crippen LogP contribution in [0.15, 0.2) is 116 Å². The highest BCUT2D eigenvalue weighted by atomic mass is 79.9. The van der Waals surface area contributed by atoms with Crippen LogP contribution in [0.1, 0.15) is 34.0 Å². The zero-order chi connectivity index (χ0) is 32.2. The lowest BCUT2D eigenvalue weighted by molar-refractivity contribution is 0.0697. The fourth-order valence-corrected chi connectivity index (χ4v) is 5.41. The van der Waals surface area contributed by atoms with E-state index in [0.29, 0.717) is 52.3 Å². The number of ether oxygens (including phenoxy) is 2. The number of aromatic nitrogens is 2. The third kappa shape index (κ3) is 6.33. The number of allylic oxidation sites excluding steroid dienone is 1. The van der Waals surface area contributed by atoms with Gasteiger partial charge in [0.2, 0.25) is 5.82 Å². The minimum absolute atomic E-state index is 0.201. The number of benzene rings is 4. The van der Waals surface area contributed by atoms with Gasteiger partial charge in [0, 0.05) is 15.4 Å². The van der Waals surface area contributed by atoms with Crippen LogP contribution in [-0.2, 0) is 13.0 Å². The van der Waals surface area contributed by atoms with Crippen molar-refractivity contribution in [1.82, 2.24) is 9.66 Å². The zero-order valence-electron chi connectivity index (χ0n) is 24.8. The van der Waals surface area contributed by atoms with Crippen LogP contribution in [0.4, 0.5) is 0 Å². The van der Waals surface area contributed by atoms with E-state index in [0.717, 1.165) is 21.0 Å². The number of rotatable bonds is 11. The Morgan fingerprint density at radius 2 is 1.87 bits per heavy atom. The van der Waals surface area contributed by atoms with Gasteiger partial charge in [0.15, 0.2) is 17.3 Å². The van der Waals surface area contributed by atoms with Gasteiger partial charge in [0.25, 0.3) is 5.56 Å². The molecule has 1 N–H and O–H groups in total. The fraction of sp³-hybridized carbons (Fsp3) is 0.111. The quantitative estimate of drug-likeness (QED) is 0.110. The molecule has 2 aromatic heterocycles. The minimum atomic E-state index is -0.990. The molecule has 0 aliphatic heterocycles. The molecule has 0 spiro atoms. The van der Waals surface area contributed by atoms with E-state index < -0.39 is 5.97 Å². The minimum Gasteiger partial charge on any atom is -0.490 e. The van der Waals surface area contributed by atoms with Crippen molar-refractivity contribution in [2.24, 2.45) is 5.10 Å². The number of furan rings is 1. The summed E-state index contributed by atoms with van der Waals surface area (Å²) in [5, 5.41) is 15.1. The van der Waals surface area contributed by atoms with Crippen molar-refractivity contribution < 1.29 is 23.8 Å². The summed E-state index contributed by atoms with van der Waals surface area (Å²) in [4.78, 5) is 29.7. The Kier molecular flexibility index (Phi) is 8.80. The van der Waals surface area contributed by atoms with Crippen LogP contribution >= 0.6 is 15.9 Å². The average Bonchev–Trinajstić information content (AvgIpc) is 3.47. The summed E-state index contributed by atoms with van der Waals surface area (Å²) in [7, 11) is 0. The summed E-state index contributed by atoms with van der Waals surface area (Å²) in [5.41, 5.74) is 3.31. The first-order valence-electron chi connectivity index (χ1n) is 14.5. The second-order valence-corrected chi connectivity index (χ2v) is 11.2. The molecule has 6 aromatic rings. The van der Waals surface area contributed by atoms with Gasteiger partial charge in [0.1, 0.15) is 12.2 Å². The van der Waals surface area contributed by atoms with Crippen LogP contribution in [0.5, 0.6) is 11.5 Å². The molecule has 6 rings (SSSR count). The number of para-hydroxylation sites is 1. The third-order valence-corrected chi connectivity index (χ3v) is 7.67. The number of fused-ring (bicyclic) bond motifs is 2. The van der Waals surface area contributed by atoms with E-state index in [-0.39, 0.29) is 23.6 Å². The van der Waals surface area contributed by atoms with E-state index in [4.69, 9.17) is 18.9 Å². The number of halogens is 1. The summed E-state index contributed by atoms with van der Waals surface area (Å²) in [6.45, 7) is 6.36. The first-order chi connectivity index (χ1) is 22.3. The van der Waals surface area contributed by atoms with Gasteiger partial charge in [-0.05, 0) is 85.1 Å². The Balaban J connectivity index is 1.40. The molecule has 4 aromatic carbocycles. The molecule has 0 bridgehead atoms. The molecule has 2 heterocycles. The van der Waals surface area contributed by atoms with Gasteiger partial charge in [-0.1, -0.05) is 46.3 Å². The first kappa shape index (κ1) is 30.5. The van der Waals surface area contributed by atoms with Gasteiger partial charge >= 0.3 is 5.97 Å². The molecule has 0 aliphatic carbocycles. The molecule has 0 fully saturated rings. The van der Waals surface area contributed by atoms with Crippen LogP contribution in [0.2, 0.25) is 0 Å². The second-order valence-electron chi connectivity index (χ2n) is 10.3.